The molecule has 22 heavy (non-hydrogen) atoms. The maximum atomic E-state index is 12.3. The van der Waals surface area contributed by atoms with Crippen LogP contribution in [0.5, 0.6) is 0 Å². The largest absolute Gasteiger partial charge is 0.390 e. The molecule has 0 aromatic heterocycles. The SMILES string of the molecule is CCCCN/C=C(/C#N)C(=O)Nc1c(CC)cccc1CC. The second-order valence-electron chi connectivity index (χ2n) is 5.09. The summed E-state index contributed by atoms with van der Waals surface area (Å²) in [4.78, 5) is 12.3. The highest BCUT2D eigenvalue weighted by Gasteiger charge is 2.13. The van der Waals surface area contributed by atoms with E-state index >= 15 is 0 Å². The zero-order chi connectivity index (χ0) is 16.4. The number of amides is 1. The van der Waals surface area contributed by atoms with Crippen LogP contribution in [0.3, 0.4) is 0 Å². The van der Waals surface area contributed by atoms with Crippen molar-refractivity contribution < 1.29 is 4.79 Å². The summed E-state index contributed by atoms with van der Waals surface area (Å²) in [5.41, 5.74) is 3.11. The molecule has 4 heteroatoms. The Morgan fingerprint density at radius 3 is 2.36 bits per heavy atom. The van der Waals surface area contributed by atoms with Gasteiger partial charge < -0.3 is 10.6 Å². The first-order valence-electron chi connectivity index (χ1n) is 7.93. The minimum absolute atomic E-state index is 0.101. The van der Waals surface area contributed by atoms with E-state index in [2.05, 4.69) is 31.4 Å². The van der Waals surface area contributed by atoms with Crippen molar-refractivity contribution in [2.45, 2.75) is 46.5 Å². The fraction of sp³-hybridized carbons (Fsp3) is 0.444. The Kier molecular flexibility index (Phi) is 7.77. The first-order valence-corrected chi connectivity index (χ1v) is 7.93. The van der Waals surface area contributed by atoms with Crippen LogP contribution in [0.4, 0.5) is 5.69 Å². The van der Waals surface area contributed by atoms with Gasteiger partial charge in [0.2, 0.25) is 0 Å². The van der Waals surface area contributed by atoms with E-state index in [0.717, 1.165) is 49.0 Å². The Bertz CT molecular complexity index is 548. The maximum absolute atomic E-state index is 12.3. The molecule has 0 aliphatic rings. The summed E-state index contributed by atoms with van der Waals surface area (Å²) < 4.78 is 0. The molecule has 1 aromatic carbocycles. The van der Waals surface area contributed by atoms with Gasteiger partial charge in [-0.2, -0.15) is 5.26 Å². The van der Waals surface area contributed by atoms with Crippen molar-refractivity contribution in [2.75, 3.05) is 11.9 Å². The first-order chi connectivity index (χ1) is 10.7. The number of hydrogen-bond donors (Lipinski definition) is 2. The van der Waals surface area contributed by atoms with Gasteiger partial charge >= 0.3 is 0 Å². The van der Waals surface area contributed by atoms with E-state index in [1.807, 2.05) is 24.3 Å². The Morgan fingerprint density at radius 2 is 1.86 bits per heavy atom. The number of nitrogens with one attached hydrogen (secondary N) is 2. The van der Waals surface area contributed by atoms with E-state index in [0.29, 0.717) is 0 Å². The lowest BCUT2D eigenvalue weighted by atomic mass is 10.0. The Labute approximate surface area is 133 Å². The third-order valence-corrected chi connectivity index (χ3v) is 3.52. The van der Waals surface area contributed by atoms with Crippen molar-refractivity contribution >= 4 is 11.6 Å². The molecule has 0 heterocycles. The summed E-state index contributed by atoms with van der Waals surface area (Å²) in [5, 5.41) is 15.1. The first kappa shape index (κ1) is 17.8. The van der Waals surface area contributed by atoms with Gasteiger partial charge in [0.15, 0.2) is 0 Å². The van der Waals surface area contributed by atoms with Crippen molar-refractivity contribution in [1.82, 2.24) is 5.32 Å². The van der Waals surface area contributed by atoms with Gasteiger partial charge in [-0.25, -0.2) is 0 Å². The van der Waals surface area contributed by atoms with Gasteiger partial charge in [0.05, 0.1) is 0 Å². The maximum Gasteiger partial charge on any atom is 0.267 e. The fourth-order valence-electron chi connectivity index (χ4n) is 2.19. The number of unbranched alkanes of at least 4 members (excludes halogenated alkanes) is 1. The molecule has 0 saturated carbocycles. The Hall–Kier alpha value is -2.28. The third kappa shape index (κ3) is 4.92. The summed E-state index contributed by atoms with van der Waals surface area (Å²) in [6.45, 7) is 6.97. The van der Waals surface area contributed by atoms with E-state index in [4.69, 9.17) is 5.26 Å². The lowest BCUT2D eigenvalue weighted by Crippen LogP contribution is -2.19. The molecule has 118 valence electrons. The van der Waals surface area contributed by atoms with Crippen molar-refractivity contribution in [3.63, 3.8) is 0 Å². The number of para-hydroxylation sites is 1. The molecular weight excluding hydrogens is 274 g/mol. The highest BCUT2D eigenvalue weighted by Crippen LogP contribution is 2.23. The molecule has 0 radical (unpaired) electrons. The van der Waals surface area contributed by atoms with Gasteiger partial charge in [0, 0.05) is 18.4 Å². The van der Waals surface area contributed by atoms with Crippen LogP contribution in [0.2, 0.25) is 0 Å². The van der Waals surface area contributed by atoms with E-state index in [1.165, 1.54) is 6.20 Å². The van der Waals surface area contributed by atoms with Crippen molar-refractivity contribution in [2.24, 2.45) is 0 Å². The number of anilines is 1. The molecule has 0 aliphatic carbocycles. The molecule has 1 rings (SSSR count). The molecule has 4 nitrogen and oxygen atoms in total. The highest BCUT2D eigenvalue weighted by molar-refractivity contribution is 6.07. The van der Waals surface area contributed by atoms with Gasteiger partial charge in [-0.15, -0.1) is 0 Å². The third-order valence-electron chi connectivity index (χ3n) is 3.52. The lowest BCUT2D eigenvalue weighted by molar-refractivity contribution is -0.112. The van der Waals surface area contributed by atoms with Crippen molar-refractivity contribution in [3.05, 3.63) is 41.1 Å². The summed E-state index contributed by atoms with van der Waals surface area (Å²) in [5.74, 6) is -0.359. The van der Waals surface area contributed by atoms with Crippen LogP contribution in [0.25, 0.3) is 0 Å². The Balaban J connectivity index is 2.89. The standard InChI is InChI=1S/C18H25N3O/c1-4-7-11-20-13-16(12-19)18(22)21-17-14(5-2)9-8-10-15(17)6-3/h8-10,13,20H,4-7,11H2,1-3H3,(H,21,22)/b16-13-. The lowest BCUT2D eigenvalue weighted by Gasteiger charge is -2.14. The number of hydrogen-bond acceptors (Lipinski definition) is 3. The van der Waals surface area contributed by atoms with Crippen LogP contribution < -0.4 is 10.6 Å². The molecule has 0 spiro atoms. The average Bonchev–Trinajstić information content (AvgIpc) is 2.55. The summed E-state index contributed by atoms with van der Waals surface area (Å²) in [7, 11) is 0. The predicted molar refractivity (Wildman–Crippen MR) is 90.4 cm³/mol. The molecule has 0 atom stereocenters. The molecule has 0 saturated heterocycles. The van der Waals surface area contributed by atoms with E-state index in [9.17, 15) is 4.79 Å². The smallest absolute Gasteiger partial charge is 0.267 e. The molecule has 0 aliphatic heterocycles. The summed E-state index contributed by atoms with van der Waals surface area (Å²) in [6, 6.07) is 7.97. The molecule has 1 aromatic rings. The number of rotatable bonds is 8. The predicted octanol–water partition coefficient (Wildman–Crippen LogP) is 3.55. The molecule has 1 amide bonds. The van der Waals surface area contributed by atoms with Gasteiger partial charge in [-0.3, -0.25) is 4.79 Å². The quantitative estimate of drug-likeness (QED) is 0.438. The number of benzene rings is 1. The topological polar surface area (TPSA) is 64.9 Å². The van der Waals surface area contributed by atoms with Gasteiger partial charge in [0.1, 0.15) is 11.6 Å². The molecule has 0 bridgehead atoms. The van der Waals surface area contributed by atoms with Crippen LogP contribution in [0.1, 0.15) is 44.7 Å². The van der Waals surface area contributed by atoms with Crippen LogP contribution in [-0.2, 0) is 17.6 Å². The van der Waals surface area contributed by atoms with E-state index in [1.54, 1.807) is 0 Å². The molecule has 2 N–H and O–H groups in total. The van der Waals surface area contributed by atoms with Crippen LogP contribution >= 0.6 is 0 Å². The number of nitrogens with zero attached hydrogens (tertiary/aromatic N) is 1. The molecule has 0 unspecified atom stereocenters. The van der Waals surface area contributed by atoms with Crippen molar-refractivity contribution in [3.8, 4) is 6.07 Å². The van der Waals surface area contributed by atoms with E-state index in [-0.39, 0.29) is 11.5 Å². The van der Waals surface area contributed by atoms with Crippen LogP contribution in [0, 0.1) is 11.3 Å². The zero-order valence-corrected chi connectivity index (χ0v) is 13.7. The summed E-state index contributed by atoms with van der Waals surface area (Å²) in [6.07, 6.45) is 5.26. The second kappa shape index (κ2) is 9.62. The monoisotopic (exact) mass is 299 g/mol. The minimum atomic E-state index is -0.359. The molecular formula is C18H25N3O. The van der Waals surface area contributed by atoms with Crippen LogP contribution in [-0.4, -0.2) is 12.5 Å². The highest BCUT2D eigenvalue weighted by atomic mass is 16.1. The molecule has 0 fully saturated rings. The number of aryl methyl sites for hydroxylation is 2. The average molecular weight is 299 g/mol. The minimum Gasteiger partial charge on any atom is -0.390 e. The fourth-order valence-corrected chi connectivity index (χ4v) is 2.19. The number of carbonyl (C=O) groups is 1. The number of nitriles is 1. The van der Waals surface area contributed by atoms with Gasteiger partial charge in [-0.1, -0.05) is 45.4 Å². The Morgan fingerprint density at radius 1 is 1.23 bits per heavy atom. The van der Waals surface area contributed by atoms with Gasteiger partial charge in [0.25, 0.3) is 5.91 Å². The number of carbonyl (C=O) groups excluding carboxylic acids is 1. The van der Waals surface area contributed by atoms with Crippen molar-refractivity contribution in [1.29, 1.82) is 5.26 Å². The second-order valence-corrected chi connectivity index (χ2v) is 5.09. The zero-order valence-electron chi connectivity index (χ0n) is 13.7. The normalized spacial score (nSPS) is 10.9. The van der Waals surface area contributed by atoms with Crippen LogP contribution in [0.15, 0.2) is 30.0 Å². The van der Waals surface area contributed by atoms with E-state index < -0.39 is 0 Å². The van der Waals surface area contributed by atoms with Gasteiger partial charge in [-0.05, 0) is 30.4 Å². The summed E-state index contributed by atoms with van der Waals surface area (Å²) >= 11 is 0.